The van der Waals surface area contributed by atoms with Crippen molar-refractivity contribution in [3.05, 3.63) is 36.0 Å². The molecule has 0 aliphatic heterocycles. The summed E-state index contributed by atoms with van der Waals surface area (Å²) in [4.78, 5) is 11.2. The van der Waals surface area contributed by atoms with E-state index in [1.54, 1.807) is 12.1 Å². The van der Waals surface area contributed by atoms with E-state index in [1.165, 1.54) is 0 Å². The van der Waals surface area contributed by atoms with Crippen LogP contribution in [0.15, 0.2) is 30.5 Å². The van der Waals surface area contributed by atoms with E-state index in [2.05, 4.69) is 0 Å². The van der Waals surface area contributed by atoms with Gasteiger partial charge in [0, 0.05) is 24.7 Å². The Hall–Kier alpha value is -1.81. The first-order valence-corrected chi connectivity index (χ1v) is 5.55. The van der Waals surface area contributed by atoms with Crippen molar-refractivity contribution in [2.24, 2.45) is 5.92 Å². The van der Waals surface area contributed by atoms with Crippen LogP contribution in [0.3, 0.4) is 0 Å². The van der Waals surface area contributed by atoms with Crippen LogP contribution in [0.4, 0.5) is 0 Å². The Morgan fingerprint density at radius 2 is 2.18 bits per heavy atom. The van der Waals surface area contributed by atoms with E-state index in [-0.39, 0.29) is 12.5 Å². The number of benzene rings is 1. The van der Waals surface area contributed by atoms with E-state index >= 15 is 0 Å². The zero-order valence-corrected chi connectivity index (χ0v) is 9.63. The Morgan fingerprint density at radius 3 is 2.82 bits per heavy atom. The lowest BCUT2D eigenvalue weighted by Gasteiger charge is -2.11. The predicted molar refractivity (Wildman–Crippen MR) is 65.1 cm³/mol. The Labute approximate surface area is 99.1 Å². The second-order valence-electron chi connectivity index (χ2n) is 4.30. The van der Waals surface area contributed by atoms with Crippen LogP contribution in [0.2, 0.25) is 0 Å². The van der Waals surface area contributed by atoms with Crippen molar-refractivity contribution in [1.29, 1.82) is 0 Å². The molecular weight excluding hydrogens is 218 g/mol. The molecule has 2 N–H and O–H groups in total. The zero-order valence-electron chi connectivity index (χ0n) is 9.63. The molecule has 0 amide bonds. The Bertz CT molecular complexity index is 545. The van der Waals surface area contributed by atoms with E-state index in [0.29, 0.717) is 12.1 Å². The summed E-state index contributed by atoms with van der Waals surface area (Å²) in [5.74, 6) is -0.820. The first kappa shape index (κ1) is 11.7. The number of aliphatic hydroxyl groups excluding tert-OH is 1. The van der Waals surface area contributed by atoms with Crippen molar-refractivity contribution >= 4 is 16.9 Å². The number of aromatic nitrogens is 1. The van der Waals surface area contributed by atoms with E-state index in [1.807, 2.05) is 29.8 Å². The molecule has 0 spiro atoms. The maximum absolute atomic E-state index is 11.2. The van der Waals surface area contributed by atoms with Crippen LogP contribution in [0.1, 0.15) is 17.3 Å². The van der Waals surface area contributed by atoms with E-state index in [4.69, 9.17) is 10.2 Å². The largest absolute Gasteiger partial charge is 0.478 e. The van der Waals surface area contributed by atoms with Crippen LogP contribution in [-0.4, -0.2) is 27.4 Å². The molecule has 0 fully saturated rings. The first-order valence-electron chi connectivity index (χ1n) is 5.55. The highest BCUT2D eigenvalue weighted by atomic mass is 16.4. The number of aromatic carboxylic acids is 1. The molecule has 1 atom stereocenters. The van der Waals surface area contributed by atoms with Gasteiger partial charge in [0.2, 0.25) is 0 Å². The molecule has 4 nitrogen and oxygen atoms in total. The fourth-order valence-electron chi connectivity index (χ4n) is 1.98. The van der Waals surface area contributed by atoms with Gasteiger partial charge in [0.1, 0.15) is 0 Å². The fourth-order valence-corrected chi connectivity index (χ4v) is 1.98. The molecule has 90 valence electrons. The van der Waals surface area contributed by atoms with Crippen LogP contribution in [0, 0.1) is 5.92 Å². The lowest BCUT2D eigenvalue weighted by Crippen LogP contribution is -2.11. The molecular formula is C13H15NO3. The number of fused-ring (bicyclic) bond motifs is 1. The standard InChI is InChI=1S/C13H15NO3/c1-9(8-15)7-14-6-5-10-3-2-4-11(12(10)14)13(16)17/h2-6,9,15H,7-8H2,1H3,(H,16,17). The molecule has 0 aliphatic rings. The number of carboxylic acid groups (broad SMARTS) is 1. The third-order valence-corrected chi connectivity index (χ3v) is 2.84. The number of nitrogens with zero attached hydrogens (tertiary/aromatic N) is 1. The van der Waals surface area contributed by atoms with Gasteiger partial charge < -0.3 is 14.8 Å². The van der Waals surface area contributed by atoms with Gasteiger partial charge in [-0.05, 0) is 18.1 Å². The zero-order chi connectivity index (χ0) is 12.4. The number of aliphatic hydroxyl groups is 1. The molecule has 1 unspecified atom stereocenters. The van der Waals surface area contributed by atoms with Gasteiger partial charge in [-0.1, -0.05) is 19.1 Å². The number of hydrogen-bond acceptors (Lipinski definition) is 2. The molecule has 17 heavy (non-hydrogen) atoms. The first-order chi connectivity index (χ1) is 8.13. The molecule has 0 radical (unpaired) electrons. The monoisotopic (exact) mass is 233 g/mol. The molecule has 0 saturated carbocycles. The molecule has 1 heterocycles. The third kappa shape index (κ3) is 2.17. The van der Waals surface area contributed by atoms with Gasteiger partial charge in [-0.3, -0.25) is 0 Å². The molecule has 0 aliphatic carbocycles. The van der Waals surface area contributed by atoms with Crippen molar-refractivity contribution in [2.45, 2.75) is 13.5 Å². The number of para-hydroxylation sites is 1. The lowest BCUT2D eigenvalue weighted by molar-refractivity contribution is 0.0698. The summed E-state index contributed by atoms with van der Waals surface area (Å²) in [6, 6.07) is 7.13. The van der Waals surface area contributed by atoms with Crippen molar-refractivity contribution in [3.8, 4) is 0 Å². The minimum Gasteiger partial charge on any atom is -0.478 e. The quantitative estimate of drug-likeness (QED) is 0.848. The highest BCUT2D eigenvalue weighted by molar-refractivity contribution is 6.02. The van der Waals surface area contributed by atoms with Crippen molar-refractivity contribution < 1.29 is 15.0 Å². The molecule has 1 aromatic carbocycles. The summed E-state index contributed by atoms with van der Waals surface area (Å²) in [5.41, 5.74) is 1.03. The smallest absolute Gasteiger partial charge is 0.337 e. The minimum absolute atomic E-state index is 0.0922. The summed E-state index contributed by atoms with van der Waals surface area (Å²) in [5, 5.41) is 19.1. The van der Waals surface area contributed by atoms with Crippen LogP contribution < -0.4 is 0 Å². The highest BCUT2D eigenvalue weighted by Crippen LogP contribution is 2.21. The van der Waals surface area contributed by atoms with Crippen molar-refractivity contribution in [1.82, 2.24) is 4.57 Å². The van der Waals surface area contributed by atoms with Gasteiger partial charge in [0.05, 0.1) is 11.1 Å². The summed E-state index contributed by atoms with van der Waals surface area (Å²) in [6.07, 6.45) is 1.86. The predicted octanol–water partition coefficient (Wildman–Crippen LogP) is 1.97. The number of carboxylic acids is 1. The Morgan fingerprint density at radius 1 is 1.41 bits per heavy atom. The van der Waals surface area contributed by atoms with Crippen molar-refractivity contribution in [2.75, 3.05) is 6.61 Å². The molecule has 2 rings (SSSR count). The van der Waals surface area contributed by atoms with Gasteiger partial charge in [0.15, 0.2) is 0 Å². The van der Waals surface area contributed by atoms with Gasteiger partial charge in [-0.2, -0.15) is 0 Å². The van der Waals surface area contributed by atoms with E-state index in [0.717, 1.165) is 10.9 Å². The van der Waals surface area contributed by atoms with Crippen LogP contribution in [0.25, 0.3) is 10.9 Å². The molecule has 4 heteroatoms. The topological polar surface area (TPSA) is 62.5 Å². The minimum atomic E-state index is -0.924. The van der Waals surface area contributed by atoms with Crippen LogP contribution in [-0.2, 0) is 6.54 Å². The van der Waals surface area contributed by atoms with Gasteiger partial charge in [-0.25, -0.2) is 4.79 Å². The average Bonchev–Trinajstić information content (AvgIpc) is 2.72. The number of rotatable bonds is 4. The average molecular weight is 233 g/mol. The number of hydrogen-bond donors (Lipinski definition) is 2. The van der Waals surface area contributed by atoms with Gasteiger partial charge in [-0.15, -0.1) is 0 Å². The highest BCUT2D eigenvalue weighted by Gasteiger charge is 2.13. The fraction of sp³-hybridized carbons (Fsp3) is 0.308. The summed E-state index contributed by atoms with van der Waals surface area (Å²) in [7, 11) is 0. The SMILES string of the molecule is CC(CO)Cn1ccc2cccc(C(=O)O)c21. The summed E-state index contributed by atoms with van der Waals surface area (Å²) >= 11 is 0. The second-order valence-corrected chi connectivity index (χ2v) is 4.30. The Balaban J connectivity index is 2.53. The number of carbonyl (C=O) groups is 1. The molecule has 0 bridgehead atoms. The van der Waals surface area contributed by atoms with Crippen LogP contribution >= 0.6 is 0 Å². The van der Waals surface area contributed by atoms with E-state index in [9.17, 15) is 4.79 Å². The van der Waals surface area contributed by atoms with Gasteiger partial charge >= 0.3 is 5.97 Å². The van der Waals surface area contributed by atoms with Crippen LogP contribution in [0.5, 0.6) is 0 Å². The normalized spacial score (nSPS) is 12.8. The molecule has 2 aromatic rings. The maximum atomic E-state index is 11.2. The summed E-state index contributed by atoms with van der Waals surface area (Å²) < 4.78 is 1.89. The Kier molecular flexibility index (Phi) is 3.15. The molecule has 1 aromatic heterocycles. The third-order valence-electron chi connectivity index (χ3n) is 2.84. The lowest BCUT2D eigenvalue weighted by atomic mass is 10.1. The second kappa shape index (κ2) is 4.59. The maximum Gasteiger partial charge on any atom is 0.337 e. The van der Waals surface area contributed by atoms with E-state index < -0.39 is 5.97 Å². The summed E-state index contributed by atoms with van der Waals surface area (Å²) in [6.45, 7) is 2.63. The molecule has 0 saturated heterocycles. The van der Waals surface area contributed by atoms with Gasteiger partial charge in [0.25, 0.3) is 0 Å². The van der Waals surface area contributed by atoms with Crippen molar-refractivity contribution in [3.63, 3.8) is 0 Å².